The normalized spacial score (nSPS) is 14.7. The van der Waals surface area contributed by atoms with Gasteiger partial charge in [0.1, 0.15) is 23.9 Å². The SMILES string of the molecule is COCCNC(=O)CN1C(=O)CS[C@H](c2cc(OC)ccc2OC)c2c(-c3ccc(Cl)cc3)nn(-c3ccc(C)cc3)c21. The Morgan fingerprint density at radius 3 is 2.47 bits per heavy atom. The van der Waals surface area contributed by atoms with Crippen LogP contribution in [0.15, 0.2) is 66.7 Å². The van der Waals surface area contributed by atoms with Crippen molar-refractivity contribution < 1.29 is 23.8 Å². The number of aromatic nitrogens is 2. The number of hydrogen-bond acceptors (Lipinski definition) is 7. The number of nitrogens with zero attached hydrogens (tertiary/aromatic N) is 3. The number of fused-ring (bicyclic) bond motifs is 1. The molecule has 1 N–H and O–H groups in total. The first kappa shape index (κ1) is 30.5. The van der Waals surface area contributed by atoms with Crippen LogP contribution in [-0.4, -0.2) is 68.4 Å². The maximum atomic E-state index is 13.9. The van der Waals surface area contributed by atoms with Crippen LogP contribution in [0.3, 0.4) is 0 Å². The maximum absolute atomic E-state index is 13.9. The van der Waals surface area contributed by atoms with Gasteiger partial charge in [-0.3, -0.25) is 14.5 Å². The number of anilines is 1. The highest BCUT2D eigenvalue weighted by Crippen LogP contribution is 2.51. The highest BCUT2D eigenvalue weighted by Gasteiger charge is 2.38. The van der Waals surface area contributed by atoms with Gasteiger partial charge < -0.3 is 19.5 Å². The third-order valence-corrected chi connectivity index (χ3v) is 8.62. The minimum absolute atomic E-state index is 0.124. The van der Waals surface area contributed by atoms with E-state index in [0.29, 0.717) is 41.2 Å². The molecule has 11 heteroatoms. The molecule has 0 bridgehead atoms. The summed E-state index contributed by atoms with van der Waals surface area (Å²) in [4.78, 5) is 28.6. The Bertz CT molecular complexity index is 1610. The van der Waals surface area contributed by atoms with Crippen molar-refractivity contribution in [1.82, 2.24) is 15.1 Å². The lowest BCUT2D eigenvalue weighted by Crippen LogP contribution is -2.43. The number of aryl methyl sites for hydroxylation is 1. The van der Waals surface area contributed by atoms with E-state index in [1.165, 1.54) is 16.7 Å². The molecule has 43 heavy (non-hydrogen) atoms. The predicted octanol–water partition coefficient (Wildman–Crippen LogP) is 5.45. The third kappa shape index (κ3) is 6.51. The van der Waals surface area contributed by atoms with Crippen LogP contribution in [0.4, 0.5) is 5.82 Å². The molecule has 0 saturated carbocycles. The van der Waals surface area contributed by atoms with Crippen LogP contribution in [0, 0.1) is 6.92 Å². The van der Waals surface area contributed by atoms with Gasteiger partial charge >= 0.3 is 0 Å². The molecule has 1 aliphatic heterocycles. The zero-order valence-electron chi connectivity index (χ0n) is 24.4. The quantitative estimate of drug-likeness (QED) is 0.236. The van der Waals surface area contributed by atoms with Gasteiger partial charge in [-0.05, 0) is 49.4 Å². The van der Waals surface area contributed by atoms with Crippen molar-refractivity contribution >= 4 is 41.0 Å². The Morgan fingerprint density at radius 1 is 1.05 bits per heavy atom. The summed E-state index contributed by atoms with van der Waals surface area (Å²) in [5.41, 5.74) is 4.91. The number of nitrogens with one attached hydrogen (secondary N) is 1. The fourth-order valence-electron chi connectivity index (χ4n) is 4.99. The summed E-state index contributed by atoms with van der Waals surface area (Å²) in [5.74, 6) is 1.42. The molecular weight excluding hydrogens is 588 g/mol. The number of ether oxygens (including phenoxy) is 3. The number of rotatable bonds is 10. The zero-order chi connectivity index (χ0) is 30.5. The number of thioether (sulfide) groups is 1. The van der Waals surface area contributed by atoms with Gasteiger partial charge in [0.25, 0.3) is 0 Å². The van der Waals surface area contributed by atoms with Crippen molar-refractivity contribution in [3.8, 4) is 28.4 Å². The third-order valence-electron chi connectivity index (χ3n) is 7.13. The molecule has 0 spiro atoms. The van der Waals surface area contributed by atoms with Crippen molar-refractivity contribution in [1.29, 1.82) is 0 Å². The summed E-state index contributed by atoms with van der Waals surface area (Å²) in [6.45, 7) is 2.51. The van der Waals surface area contributed by atoms with Gasteiger partial charge in [-0.25, -0.2) is 4.68 Å². The van der Waals surface area contributed by atoms with Crippen molar-refractivity contribution in [3.05, 3.63) is 88.4 Å². The smallest absolute Gasteiger partial charge is 0.240 e. The Kier molecular flexibility index (Phi) is 9.59. The molecule has 5 rings (SSSR count). The van der Waals surface area contributed by atoms with Crippen molar-refractivity contribution in [3.63, 3.8) is 0 Å². The molecule has 1 aromatic heterocycles. The van der Waals surface area contributed by atoms with E-state index in [9.17, 15) is 9.59 Å². The Morgan fingerprint density at radius 2 is 1.79 bits per heavy atom. The standard InChI is InChI=1S/C32H33ClN4O5S/c1-20-5-11-23(12-6-20)37-32-29(30(35-37)21-7-9-22(33)10-8-21)31(25-17-24(41-3)13-14-26(25)42-4)43-19-28(39)36(32)18-27(38)34-15-16-40-2/h5-14,17,31H,15-16,18-19H2,1-4H3,(H,34,38)/t31-/m1/s1. The lowest BCUT2D eigenvalue weighted by Gasteiger charge is -2.23. The lowest BCUT2D eigenvalue weighted by atomic mass is 9.98. The monoisotopic (exact) mass is 620 g/mol. The summed E-state index contributed by atoms with van der Waals surface area (Å²) in [7, 11) is 4.80. The molecule has 2 amide bonds. The van der Waals surface area contributed by atoms with Crippen molar-refractivity contribution in [2.24, 2.45) is 0 Å². The molecule has 0 aliphatic carbocycles. The minimum atomic E-state index is -0.393. The number of methoxy groups -OCH3 is 3. The number of carbonyl (C=O) groups excluding carboxylic acids is 2. The largest absolute Gasteiger partial charge is 0.497 e. The molecule has 4 aromatic rings. The summed E-state index contributed by atoms with van der Waals surface area (Å²) < 4.78 is 18.2. The van der Waals surface area contributed by atoms with E-state index in [4.69, 9.17) is 30.9 Å². The number of carbonyl (C=O) groups is 2. The molecule has 1 atom stereocenters. The molecule has 224 valence electrons. The predicted molar refractivity (Wildman–Crippen MR) is 170 cm³/mol. The Labute approximate surface area is 260 Å². The highest BCUT2D eigenvalue weighted by atomic mass is 35.5. The van der Waals surface area contributed by atoms with Gasteiger partial charge in [-0.2, -0.15) is 5.10 Å². The summed E-state index contributed by atoms with van der Waals surface area (Å²) in [5, 5.41) is 8.16. The van der Waals surface area contributed by atoms with E-state index in [2.05, 4.69) is 5.32 Å². The maximum Gasteiger partial charge on any atom is 0.240 e. The van der Waals surface area contributed by atoms with E-state index < -0.39 is 5.25 Å². The van der Waals surface area contributed by atoms with Crippen LogP contribution in [-0.2, 0) is 14.3 Å². The molecule has 0 fully saturated rings. The van der Waals surface area contributed by atoms with Gasteiger partial charge in [-0.15, -0.1) is 11.8 Å². The average molecular weight is 621 g/mol. The lowest BCUT2D eigenvalue weighted by molar-refractivity contribution is -0.123. The van der Waals surface area contributed by atoms with Gasteiger partial charge in [0.15, 0.2) is 0 Å². The van der Waals surface area contributed by atoms with E-state index in [1.54, 1.807) is 26.0 Å². The number of hydrogen-bond donors (Lipinski definition) is 1. The zero-order valence-corrected chi connectivity index (χ0v) is 26.0. The molecule has 2 heterocycles. The van der Waals surface area contributed by atoms with E-state index in [-0.39, 0.29) is 24.1 Å². The fourth-order valence-corrected chi connectivity index (χ4v) is 6.33. The number of benzene rings is 3. The first-order chi connectivity index (χ1) is 20.8. The van der Waals surface area contributed by atoms with Gasteiger partial charge in [0.2, 0.25) is 11.8 Å². The number of halogens is 1. The Balaban J connectivity index is 1.79. The van der Waals surface area contributed by atoms with Gasteiger partial charge in [0.05, 0.1) is 43.2 Å². The molecule has 0 saturated heterocycles. The Hall–Kier alpha value is -3.99. The molecule has 9 nitrogen and oxygen atoms in total. The highest BCUT2D eigenvalue weighted by molar-refractivity contribution is 8.00. The minimum Gasteiger partial charge on any atom is -0.497 e. The van der Waals surface area contributed by atoms with Crippen LogP contribution >= 0.6 is 23.4 Å². The summed E-state index contributed by atoms with van der Waals surface area (Å²) in [6.07, 6.45) is 0. The van der Waals surface area contributed by atoms with Crippen molar-refractivity contribution in [2.45, 2.75) is 12.2 Å². The molecular formula is C32H33ClN4O5S. The first-order valence-corrected chi connectivity index (χ1v) is 15.1. The van der Waals surface area contributed by atoms with Crippen LogP contribution in [0.5, 0.6) is 11.5 Å². The first-order valence-electron chi connectivity index (χ1n) is 13.7. The molecule has 3 aromatic carbocycles. The molecule has 0 radical (unpaired) electrons. The van der Waals surface area contributed by atoms with E-state index in [0.717, 1.165) is 27.9 Å². The van der Waals surface area contributed by atoms with Crippen LogP contribution in [0.25, 0.3) is 16.9 Å². The average Bonchev–Trinajstić information content (AvgIpc) is 3.34. The summed E-state index contributed by atoms with van der Waals surface area (Å²) in [6, 6.07) is 20.9. The van der Waals surface area contributed by atoms with Gasteiger partial charge in [-0.1, -0.05) is 41.4 Å². The second kappa shape index (κ2) is 13.5. The molecule has 0 unspecified atom stereocenters. The second-order valence-corrected chi connectivity index (χ2v) is 11.5. The van der Waals surface area contributed by atoms with E-state index in [1.807, 2.05) is 73.7 Å². The van der Waals surface area contributed by atoms with Crippen LogP contribution < -0.4 is 19.7 Å². The topological polar surface area (TPSA) is 94.9 Å². The fraction of sp³-hybridized carbons (Fsp3) is 0.281. The van der Waals surface area contributed by atoms with Crippen LogP contribution in [0.2, 0.25) is 5.02 Å². The van der Waals surface area contributed by atoms with Crippen LogP contribution in [0.1, 0.15) is 21.9 Å². The summed E-state index contributed by atoms with van der Waals surface area (Å²) >= 11 is 7.72. The number of amides is 2. The molecule has 1 aliphatic rings. The van der Waals surface area contributed by atoms with Crippen molar-refractivity contribution in [2.75, 3.05) is 51.7 Å². The van der Waals surface area contributed by atoms with E-state index >= 15 is 0 Å². The van der Waals surface area contributed by atoms with Gasteiger partial charge in [0, 0.05) is 35.4 Å². The second-order valence-electron chi connectivity index (χ2n) is 9.96.